The molecule has 0 aromatic rings. The van der Waals surface area contributed by atoms with Crippen LogP contribution in [0, 0.1) is 0 Å². The van der Waals surface area contributed by atoms with Crippen molar-refractivity contribution >= 4 is 5.97 Å². The molecule has 2 nitrogen and oxygen atoms in total. The SMILES string of the molecule is CC/C=C\C/C=C\CCC(=O)OCC. The van der Waals surface area contributed by atoms with Gasteiger partial charge in [-0.1, -0.05) is 31.2 Å². The number of ether oxygens (including phenoxy) is 1. The molecule has 0 saturated carbocycles. The van der Waals surface area contributed by atoms with Crippen LogP contribution in [-0.2, 0) is 9.53 Å². The fourth-order valence-corrected chi connectivity index (χ4v) is 0.990. The first-order valence-corrected chi connectivity index (χ1v) is 5.26. The smallest absolute Gasteiger partial charge is 0.306 e. The van der Waals surface area contributed by atoms with Crippen molar-refractivity contribution in [2.75, 3.05) is 6.61 Å². The number of rotatable bonds is 7. The molecule has 0 heterocycles. The van der Waals surface area contributed by atoms with Crippen molar-refractivity contribution in [1.29, 1.82) is 0 Å². The fraction of sp³-hybridized carbons (Fsp3) is 0.583. The van der Waals surface area contributed by atoms with Crippen LogP contribution in [0.25, 0.3) is 0 Å². The Hall–Kier alpha value is -1.05. The van der Waals surface area contributed by atoms with E-state index in [0.717, 1.165) is 19.3 Å². The van der Waals surface area contributed by atoms with Gasteiger partial charge >= 0.3 is 5.97 Å². The van der Waals surface area contributed by atoms with Gasteiger partial charge in [-0.15, -0.1) is 0 Å². The highest BCUT2D eigenvalue weighted by molar-refractivity contribution is 5.69. The molecule has 0 bridgehead atoms. The summed E-state index contributed by atoms with van der Waals surface area (Å²) in [5, 5.41) is 0. The van der Waals surface area contributed by atoms with Gasteiger partial charge in [0.2, 0.25) is 0 Å². The minimum Gasteiger partial charge on any atom is -0.466 e. The molecule has 0 unspecified atom stereocenters. The molecule has 0 aliphatic carbocycles. The standard InChI is InChI=1S/C12H20O2/c1-3-5-6-7-8-9-10-11-12(13)14-4-2/h5-6,8-9H,3-4,7,10-11H2,1-2H3/b6-5-,9-8-. The summed E-state index contributed by atoms with van der Waals surface area (Å²) in [6.07, 6.45) is 11.7. The Bertz CT molecular complexity index is 192. The van der Waals surface area contributed by atoms with Crippen molar-refractivity contribution in [3.63, 3.8) is 0 Å². The van der Waals surface area contributed by atoms with E-state index in [-0.39, 0.29) is 5.97 Å². The predicted octanol–water partition coefficient (Wildman–Crippen LogP) is 3.24. The molecule has 0 radical (unpaired) electrons. The van der Waals surface area contributed by atoms with Crippen LogP contribution in [0.15, 0.2) is 24.3 Å². The van der Waals surface area contributed by atoms with Crippen LogP contribution >= 0.6 is 0 Å². The monoisotopic (exact) mass is 196 g/mol. The van der Waals surface area contributed by atoms with Crippen molar-refractivity contribution in [3.05, 3.63) is 24.3 Å². The highest BCUT2D eigenvalue weighted by Crippen LogP contribution is 1.96. The van der Waals surface area contributed by atoms with Gasteiger partial charge < -0.3 is 4.74 Å². The third-order valence-electron chi connectivity index (χ3n) is 1.66. The Kier molecular flexibility index (Phi) is 9.28. The van der Waals surface area contributed by atoms with E-state index in [1.54, 1.807) is 0 Å². The Morgan fingerprint density at radius 2 is 1.86 bits per heavy atom. The molecule has 0 fully saturated rings. The molecular formula is C12H20O2. The first kappa shape index (κ1) is 12.9. The van der Waals surface area contributed by atoms with Crippen LogP contribution in [-0.4, -0.2) is 12.6 Å². The third kappa shape index (κ3) is 9.04. The van der Waals surface area contributed by atoms with E-state index in [4.69, 9.17) is 4.74 Å². The first-order valence-electron chi connectivity index (χ1n) is 5.26. The third-order valence-corrected chi connectivity index (χ3v) is 1.66. The number of carbonyl (C=O) groups is 1. The van der Waals surface area contributed by atoms with Gasteiger partial charge in [-0.2, -0.15) is 0 Å². The summed E-state index contributed by atoms with van der Waals surface area (Å²) in [5.41, 5.74) is 0. The number of hydrogen-bond acceptors (Lipinski definition) is 2. The van der Waals surface area contributed by atoms with Crippen LogP contribution in [0.2, 0.25) is 0 Å². The summed E-state index contributed by atoms with van der Waals surface area (Å²) in [6.45, 7) is 4.41. The lowest BCUT2D eigenvalue weighted by Crippen LogP contribution is -2.02. The predicted molar refractivity (Wildman–Crippen MR) is 59.1 cm³/mol. The average Bonchev–Trinajstić information content (AvgIpc) is 2.17. The summed E-state index contributed by atoms with van der Waals surface area (Å²) in [5.74, 6) is -0.110. The lowest BCUT2D eigenvalue weighted by Gasteiger charge is -1.97. The molecule has 2 heteroatoms. The van der Waals surface area contributed by atoms with Crippen LogP contribution in [0.1, 0.15) is 39.5 Å². The number of esters is 1. The quantitative estimate of drug-likeness (QED) is 0.461. The van der Waals surface area contributed by atoms with Crippen molar-refractivity contribution < 1.29 is 9.53 Å². The molecule has 0 aromatic carbocycles. The van der Waals surface area contributed by atoms with Gasteiger partial charge in [0.1, 0.15) is 0 Å². The van der Waals surface area contributed by atoms with Crippen molar-refractivity contribution in [3.8, 4) is 0 Å². The Morgan fingerprint density at radius 1 is 1.14 bits per heavy atom. The maximum atomic E-state index is 10.9. The maximum absolute atomic E-state index is 10.9. The number of allylic oxidation sites excluding steroid dienone is 4. The molecule has 0 N–H and O–H groups in total. The normalized spacial score (nSPS) is 11.3. The van der Waals surface area contributed by atoms with E-state index in [1.807, 2.05) is 13.0 Å². The van der Waals surface area contributed by atoms with E-state index in [0.29, 0.717) is 13.0 Å². The van der Waals surface area contributed by atoms with Crippen LogP contribution in [0.3, 0.4) is 0 Å². The second-order valence-electron chi connectivity index (χ2n) is 2.93. The van der Waals surface area contributed by atoms with Crippen molar-refractivity contribution in [1.82, 2.24) is 0 Å². The zero-order chi connectivity index (χ0) is 10.6. The second kappa shape index (κ2) is 10.0. The molecule has 0 atom stereocenters. The van der Waals surface area contributed by atoms with E-state index < -0.39 is 0 Å². The molecule has 0 amide bonds. The first-order chi connectivity index (χ1) is 6.81. The summed E-state index contributed by atoms with van der Waals surface area (Å²) in [7, 11) is 0. The number of hydrogen-bond donors (Lipinski definition) is 0. The summed E-state index contributed by atoms with van der Waals surface area (Å²) >= 11 is 0. The van der Waals surface area contributed by atoms with Crippen LogP contribution in [0.4, 0.5) is 0 Å². The maximum Gasteiger partial charge on any atom is 0.306 e. The van der Waals surface area contributed by atoms with E-state index in [1.165, 1.54) is 0 Å². The van der Waals surface area contributed by atoms with Crippen LogP contribution in [0.5, 0.6) is 0 Å². The molecule has 0 aliphatic rings. The van der Waals surface area contributed by atoms with Crippen molar-refractivity contribution in [2.24, 2.45) is 0 Å². The van der Waals surface area contributed by atoms with Gasteiger partial charge in [0.25, 0.3) is 0 Å². The summed E-state index contributed by atoms with van der Waals surface area (Å²) < 4.78 is 4.80. The van der Waals surface area contributed by atoms with Gasteiger partial charge in [-0.05, 0) is 26.2 Å². The Balaban J connectivity index is 3.34. The zero-order valence-corrected chi connectivity index (χ0v) is 9.16. The molecule has 0 aromatic heterocycles. The zero-order valence-electron chi connectivity index (χ0n) is 9.16. The Labute approximate surface area is 86.6 Å². The van der Waals surface area contributed by atoms with Gasteiger partial charge in [0, 0.05) is 6.42 Å². The topological polar surface area (TPSA) is 26.3 Å². The molecule has 80 valence electrons. The van der Waals surface area contributed by atoms with Gasteiger partial charge in [-0.3, -0.25) is 4.79 Å². The summed E-state index contributed by atoms with van der Waals surface area (Å²) in [4.78, 5) is 10.9. The fourth-order valence-electron chi connectivity index (χ4n) is 0.990. The highest BCUT2D eigenvalue weighted by Gasteiger charge is 1.97. The van der Waals surface area contributed by atoms with Gasteiger partial charge in [-0.25, -0.2) is 0 Å². The average molecular weight is 196 g/mol. The van der Waals surface area contributed by atoms with Crippen LogP contribution < -0.4 is 0 Å². The van der Waals surface area contributed by atoms with E-state index in [2.05, 4.69) is 25.2 Å². The molecule has 0 rings (SSSR count). The Morgan fingerprint density at radius 3 is 2.50 bits per heavy atom. The van der Waals surface area contributed by atoms with Gasteiger partial charge in [0.05, 0.1) is 6.61 Å². The largest absolute Gasteiger partial charge is 0.466 e. The molecule has 0 saturated heterocycles. The molecule has 0 aliphatic heterocycles. The summed E-state index contributed by atoms with van der Waals surface area (Å²) in [6, 6.07) is 0. The molecular weight excluding hydrogens is 176 g/mol. The highest BCUT2D eigenvalue weighted by atomic mass is 16.5. The number of carbonyl (C=O) groups excluding carboxylic acids is 1. The second-order valence-corrected chi connectivity index (χ2v) is 2.93. The van der Waals surface area contributed by atoms with E-state index >= 15 is 0 Å². The minimum absolute atomic E-state index is 0.110. The van der Waals surface area contributed by atoms with Gasteiger partial charge in [0.15, 0.2) is 0 Å². The molecule has 14 heavy (non-hydrogen) atoms. The molecule has 0 spiro atoms. The lowest BCUT2D eigenvalue weighted by molar-refractivity contribution is -0.142. The lowest BCUT2D eigenvalue weighted by atomic mass is 10.2. The minimum atomic E-state index is -0.110. The van der Waals surface area contributed by atoms with Crippen molar-refractivity contribution in [2.45, 2.75) is 39.5 Å². The van der Waals surface area contributed by atoms with E-state index in [9.17, 15) is 4.79 Å².